The molecule has 1 aliphatic heterocycles. The van der Waals surface area contributed by atoms with Crippen molar-refractivity contribution in [3.05, 3.63) is 29.3 Å². The Labute approximate surface area is 118 Å². The van der Waals surface area contributed by atoms with Gasteiger partial charge in [-0.2, -0.15) is 17.0 Å². The van der Waals surface area contributed by atoms with Crippen molar-refractivity contribution in [2.75, 3.05) is 16.8 Å². The van der Waals surface area contributed by atoms with Crippen LogP contribution >= 0.6 is 23.4 Å². The van der Waals surface area contributed by atoms with Crippen LogP contribution in [0.3, 0.4) is 0 Å². The van der Waals surface area contributed by atoms with E-state index in [0.717, 1.165) is 23.6 Å². The minimum absolute atomic E-state index is 0.174. The summed E-state index contributed by atoms with van der Waals surface area (Å²) >= 11 is 7.99. The molecule has 0 amide bonds. The lowest BCUT2D eigenvalue weighted by atomic mass is 9.80. The first-order valence-electron chi connectivity index (χ1n) is 5.98. The van der Waals surface area contributed by atoms with Gasteiger partial charge < -0.3 is 5.32 Å². The molecule has 4 heteroatoms. The lowest BCUT2D eigenvalue weighted by Gasteiger charge is -2.41. The van der Waals surface area contributed by atoms with Crippen LogP contribution in [-0.4, -0.2) is 17.0 Å². The number of anilines is 1. The number of nitriles is 1. The molecule has 0 aromatic heterocycles. The summed E-state index contributed by atoms with van der Waals surface area (Å²) in [5.41, 5.74) is 0.503. The smallest absolute Gasteiger partial charge is 0.135 e. The topological polar surface area (TPSA) is 35.8 Å². The van der Waals surface area contributed by atoms with Crippen molar-refractivity contribution >= 4 is 29.1 Å². The number of benzene rings is 1. The van der Waals surface area contributed by atoms with Gasteiger partial charge in [-0.1, -0.05) is 37.6 Å². The zero-order chi connectivity index (χ0) is 13.2. The van der Waals surface area contributed by atoms with Crippen molar-refractivity contribution in [2.45, 2.75) is 25.8 Å². The Balaban J connectivity index is 2.24. The second-order valence-electron chi connectivity index (χ2n) is 5.63. The molecule has 96 valence electrons. The number of thioether (sulfide) groups is 1. The molecule has 1 aromatic carbocycles. The van der Waals surface area contributed by atoms with Crippen LogP contribution in [0, 0.1) is 16.7 Å². The van der Waals surface area contributed by atoms with Crippen molar-refractivity contribution in [1.82, 2.24) is 0 Å². The van der Waals surface area contributed by atoms with Gasteiger partial charge in [0.15, 0.2) is 0 Å². The predicted molar refractivity (Wildman–Crippen MR) is 79.1 cm³/mol. The van der Waals surface area contributed by atoms with Crippen molar-refractivity contribution < 1.29 is 0 Å². The first kappa shape index (κ1) is 13.6. The Bertz CT molecular complexity index is 481. The fraction of sp³-hybridized carbons (Fsp3) is 0.500. The van der Waals surface area contributed by atoms with Crippen LogP contribution in [0.1, 0.15) is 20.3 Å². The normalized spacial score (nSPS) is 26.3. The minimum atomic E-state index is -0.516. The fourth-order valence-electron chi connectivity index (χ4n) is 2.42. The van der Waals surface area contributed by atoms with Crippen LogP contribution < -0.4 is 5.32 Å². The van der Waals surface area contributed by atoms with Crippen molar-refractivity contribution in [3.63, 3.8) is 0 Å². The Morgan fingerprint density at radius 1 is 1.33 bits per heavy atom. The molecule has 1 heterocycles. The van der Waals surface area contributed by atoms with Crippen LogP contribution in [0.5, 0.6) is 0 Å². The molecule has 0 radical (unpaired) electrons. The molecule has 0 bridgehead atoms. The molecule has 1 N–H and O–H groups in total. The SMILES string of the molecule is CC1(C)CSCC(C#N)(Nc2ccccc2Cl)C1. The van der Waals surface area contributed by atoms with E-state index in [4.69, 9.17) is 11.6 Å². The first-order chi connectivity index (χ1) is 8.46. The van der Waals surface area contributed by atoms with Crippen LogP contribution in [0.25, 0.3) is 0 Å². The first-order valence-corrected chi connectivity index (χ1v) is 7.51. The van der Waals surface area contributed by atoms with Crippen molar-refractivity contribution in [2.24, 2.45) is 5.41 Å². The zero-order valence-corrected chi connectivity index (χ0v) is 12.2. The monoisotopic (exact) mass is 280 g/mol. The second kappa shape index (κ2) is 5.03. The minimum Gasteiger partial charge on any atom is -0.365 e. The molecule has 2 rings (SSSR count). The number of hydrogen-bond donors (Lipinski definition) is 1. The van der Waals surface area contributed by atoms with Gasteiger partial charge in [0.2, 0.25) is 0 Å². The number of halogens is 1. The molecular formula is C14H17ClN2S. The summed E-state index contributed by atoms with van der Waals surface area (Å²) in [4.78, 5) is 0. The van der Waals surface area contributed by atoms with Crippen LogP contribution in [0.4, 0.5) is 5.69 Å². The standard InChI is InChI=1S/C14H17ClN2S/c1-13(2)7-14(8-16,10-18-9-13)17-12-6-4-3-5-11(12)15/h3-6,17H,7,9-10H2,1-2H3. The van der Waals surface area contributed by atoms with Crippen LogP contribution in [-0.2, 0) is 0 Å². The van der Waals surface area contributed by atoms with Gasteiger partial charge in [-0.15, -0.1) is 0 Å². The maximum Gasteiger partial charge on any atom is 0.135 e. The Hall–Kier alpha value is -0.850. The van der Waals surface area contributed by atoms with Gasteiger partial charge in [-0.25, -0.2) is 0 Å². The van der Waals surface area contributed by atoms with Crippen molar-refractivity contribution in [3.8, 4) is 6.07 Å². The maximum atomic E-state index is 9.56. The number of nitrogens with zero attached hydrogens (tertiary/aromatic N) is 1. The summed E-state index contributed by atoms with van der Waals surface area (Å²) in [6.45, 7) is 4.42. The van der Waals surface area contributed by atoms with Gasteiger partial charge in [-0.3, -0.25) is 0 Å². The van der Waals surface area contributed by atoms with Gasteiger partial charge in [0, 0.05) is 5.75 Å². The van der Waals surface area contributed by atoms with Gasteiger partial charge in [-0.05, 0) is 29.7 Å². The molecule has 1 aromatic rings. The number of nitrogens with one attached hydrogen (secondary N) is 1. The van der Waals surface area contributed by atoms with E-state index >= 15 is 0 Å². The Morgan fingerprint density at radius 3 is 2.67 bits per heavy atom. The molecule has 1 fully saturated rings. The Kier molecular flexibility index (Phi) is 3.79. The van der Waals surface area contributed by atoms with Gasteiger partial charge in [0.1, 0.15) is 5.54 Å². The average molecular weight is 281 g/mol. The van der Waals surface area contributed by atoms with Crippen LogP contribution in [0.15, 0.2) is 24.3 Å². The third kappa shape index (κ3) is 2.93. The van der Waals surface area contributed by atoms with E-state index in [1.165, 1.54) is 0 Å². The van der Waals surface area contributed by atoms with E-state index in [2.05, 4.69) is 25.2 Å². The quantitative estimate of drug-likeness (QED) is 0.883. The molecule has 1 saturated heterocycles. The van der Waals surface area contributed by atoms with E-state index in [1.807, 2.05) is 36.0 Å². The van der Waals surface area contributed by atoms with Gasteiger partial charge in [0.05, 0.1) is 16.8 Å². The number of hydrogen-bond acceptors (Lipinski definition) is 3. The molecule has 2 nitrogen and oxygen atoms in total. The summed E-state index contributed by atoms with van der Waals surface area (Å²) < 4.78 is 0. The van der Waals surface area contributed by atoms with Crippen molar-refractivity contribution in [1.29, 1.82) is 5.26 Å². The molecule has 1 aliphatic rings. The number of rotatable bonds is 2. The summed E-state index contributed by atoms with van der Waals surface area (Å²) in [6.07, 6.45) is 0.842. The zero-order valence-electron chi connectivity index (χ0n) is 10.7. The highest BCUT2D eigenvalue weighted by molar-refractivity contribution is 7.99. The highest BCUT2D eigenvalue weighted by atomic mass is 35.5. The highest BCUT2D eigenvalue weighted by Gasteiger charge is 2.41. The molecule has 1 unspecified atom stereocenters. The summed E-state index contributed by atoms with van der Waals surface area (Å²) in [6, 6.07) is 10.1. The highest BCUT2D eigenvalue weighted by Crippen LogP contribution is 2.41. The fourth-order valence-corrected chi connectivity index (χ4v) is 3.95. The maximum absolute atomic E-state index is 9.56. The summed E-state index contributed by atoms with van der Waals surface area (Å²) in [7, 11) is 0. The van der Waals surface area contributed by atoms with Gasteiger partial charge >= 0.3 is 0 Å². The van der Waals surface area contributed by atoms with Crippen LogP contribution in [0.2, 0.25) is 5.02 Å². The van der Waals surface area contributed by atoms with Gasteiger partial charge in [0.25, 0.3) is 0 Å². The largest absolute Gasteiger partial charge is 0.365 e. The lowest BCUT2D eigenvalue weighted by Crippen LogP contribution is -2.47. The number of para-hydroxylation sites is 1. The molecule has 1 atom stereocenters. The van der Waals surface area contributed by atoms with E-state index in [0.29, 0.717) is 5.02 Å². The molecule has 0 spiro atoms. The molecule has 0 saturated carbocycles. The summed E-state index contributed by atoms with van der Waals surface area (Å²) in [5, 5.41) is 13.6. The average Bonchev–Trinajstić information content (AvgIpc) is 2.31. The van der Waals surface area contributed by atoms with E-state index in [9.17, 15) is 5.26 Å². The molecule has 18 heavy (non-hydrogen) atoms. The summed E-state index contributed by atoms with van der Waals surface area (Å²) in [5.74, 6) is 1.90. The Morgan fingerprint density at radius 2 is 2.06 bits per heavy atom. The third-order valence-electron chi connectivity index (χ3n) is 3.08. The second-order valence-corrected chi connectivity index (χ2v) is 7.03. The lowest BCUT2D eigenvalue weighted by molar-refractivity contribution is 0.324. The van der Waals surface area contributed by atoms with E-state index in [1.54, 1.807) is 0 Å². The molecular weight excluding hydrogens is 264 g/mol. The van der Waals surface area contributed by atoms with E-state index < -0.39 is 5.54 Å². The molecule has 0 aliphatic carbocycles. The van der Waals surface area contributed by atoms with E-state index in [-0.39, 0.29) is 5.41 Å². The predicted octanol–water partition coefficient (Wildman–Crippen LogP) is 4.18. The third-order valence-corrected chi connectivity index (χ3v) is 5.10.